The monoisotopic (exact) mass is 505 g/mol. The molecule has 10 nitrogen and oxygen atoms in total. The van der Waals surface area contributed by atoms with E-state index in [4.69, 9.17) is 4.74 Å². The van der Waals surface area contributed by atoms with Gasteiger partial charge in [0.2, 0.25) is 5.95 Å². The van der Waals surface area contributed by atoms with Gasteiger partial charge >= 0.3 is 5.97 Å². The maximum absolute atomic E-state index is 12.6. The Hall–Kier alpha value is -3.53. The number of hydrogen-bond acceptors (Lipinski definition) is 9. The van der Waals surface area contributed by atoms with Gasteiger partial charge in [0, 0.05) is 43.6 Å². The van der Waals surface area contributed by atoms with Gasteiger partial charge in [-0.15, -0.1) is 0 Å². The third-order valence-corrected chi connectivity index (χ3v) is 6.85. The molecular formula is C27H35N7O3. The van der Waals surface area contributed by atoms with Gasteiger partial charge in [0.1, 0.15) is 11.1 Å². The molecule has 5 rings (SSSR count). The van der Waals surface area contributed by atoms with Crippen molar-refractivity contribution in [2.24, 2.45) is 0 Å². The zero-order chi connectivity index (χ0) is 26.0. The summed E-state index contributed by atoms with van der Waals surface area (Å²) in [6, 6.07) is 8.32. The summed E-state index contributed by atoms with van der Waals surface area (Å²) in [5, 5.41) is 3.27. The number of benzene rings is 1. The van der Waals surface area contributed by atoms with Crippen LogP contribution in [0.4, 0.5) is 17.3 Å². The van der Waals surface area contributed by atoms with E-state index >= 15 is 0 Å². The van der Waals surface area contributed by atoms with Crippen molar-refractivity contribution in [3.05, 3.63) is 47.0 Å². The summed E-state index contributed by atoms with van der Waals surface area (Å²) in [6.07, 6.45) is 7.27. The standard InChI is InChI=1S/C27H35N7O3/c1-27(2,3)37-24(36)18-32-12-14-33(15-13-32)20-10-8-19(9-11-20)30-26-29-16-22-25(31-26)34(23(35)17-28-22)21-6-4-5-7-21/h8-11,16-17,21H,4-7,12-15,18H2,1-3H3,(H,29,30,31). The number of nitrogens with zero attached hydrogens (tertiary/aromatic N) is 6. The molecule has 0 unspecified atom stereocenters. The van der Waals surface area contributed by atoms with Crippen molar-refractivity contribution in [2.75, 3.05) is 42.9 Å². The minimum absolute atomic E-state index is 0.111. The number of ether oxygens (including phenoxy) is 1. The zero-order valence-electron chi connectivity index (χ0n) is 21.8. The number of rotatable bonds is 6. The van der Waals surface area contributed by atoms with Gasteiger partial charge in [-0.25, -0.2) is 9.97 Å². The van der Waals surface area contributed by atoms with E-state index in [0.29, 0.717) is 23.7 Å². The minimum atomic E-state index is -0.459. The molecule has 0 spiro atoms. The van der Waals surface area contributed by atoms with Crippen LogP contribution in [0, 0.1) is 0 Å². The van der Waals surface area contributed by atoms with Gasteiger partial charge in [-0.05, 0) is 57.9 Å². The summed E-state index contributed by atoms with van der Waals surface area (Å²) in [5.74, 6) is 0.262. The SMILES string of the molecule is CC(C)(C)OC(=O)CN1CCN(c2ccc(Nc3ncc4ncc(=O)n(C5CCCC5)c4n3)cc2)CC1. The van der Waals surface area contributed by atoms with Crippen molar-refractivity contribution in [2.45, 2.75) is 58.1 Å². The molecule has 10 heteroatoms. The second kappa shape index (κ2) is 10.5. The van der Waals surface area contributed by atoms with Crippen LogP contribution in [0.1, 0.15) is 52.5 Å². The molecule has 1 N–H and O–H groups in total. The summed E-state index contributed by atoms with van der Waals surface area (Å²) in [7, 11) is 0. The van der Waals surface area contributed by atoms with Crippen LogP contribution in [0.3, 0.4) is 0 Å². The van der Waals surface area contributed by atoms with Gasteiger partial charge in [0.15, 0.2) is 5.65 Å². The fourth-order valence-electron chi connectivity index (χ4n) is 5.11. The third-order valence-electron chi connectivity index (χ3n) is 6.85. The average Bonchev–Trinajstić information content (AvgIpc) is 3.38. The normalized spacial score (nSPS) is 17.3. The lowest BCUT2D eigenvalue weighted by atomic mass is 10.2. The molecule has 2 aliphatic rings. The minimum Gasteiger partial charge on any atom is -0.459 e. The number of aromatic nitrogens is 4. The molecule has 0 bridgehead atoms. The Morgan fingerprint density at radius 2 is 1.73 bits per heavy atom. The molecule has 2 fully saturated rings. The quantitative estimate of drug-likeness (QED) is 0.504. The van der Waals surface area contributed by atoms with Crippen LogP contribution in [0.15, 0.2) is 41.5 Å². The van der Waals surface area contributed by atoms with E-state index in [1.54, 1.807) is 10.8 Å². The highest BCUT2D eigenvalue weighted by Gasteiger charge is 2.23. The van der Waals surface area contributed by atoms with Gasteiger partial charge in [-0.2, -0.15) is 4.98 Å². The molecule has 1 saturated heterocycles. The highest BCUT2D eigenvalue weighted by molar-refractivity contribution is 5.72. The molecule has 1 aromatic carbocycles. The molecule has 0 amide bonds. The summed E-state index contributed by atoms with van der Waals surface area (Å²) >= 11 is 0. The largest absolute Gasteiger partial charge is 0.459 e. The Bertz CT molecular complexity index is 1300. The highest BCUT2D eigenvalue weighted by atomic mass is 16.6. The van der Waals surface area contributed by atoms with Crippen molar-refractivity contribution in [3.8, 4) is 0 Å². The maximum Gasteiger partial charge on any atom is 0.320 e. The van der Waals surface area contributed by atoms with E-state index in [0.717, 1.165) is 63.2 Å². The second-order valence-corrected chi connectivity index (χ2v) is 10.8. The molecule has 196 valence electrons. The van der Waals surface area contributed by atoms with Crippen molar-refractivity contribution in [3.63, 3.8) is 0 Å². The van der Waals surface area contributed by atoms with Gasteiger partial charge in [0.25, 0.3) is 5.56 Å². The van der Waals surface area contributed by atoms with Gasteiger partial charge in [-0.1, -0.05) is 12.8 Å². The van der Waals surface area contributed by atoms with Crippen molar-refractivity contribution < 1.29 is 9.53 Å². The van der Waals surface area contributed by atoms with Crippen LogP contribution in [0.25, 0.3) is 11.2 Å². The van der Waals surface area contributed by atoms with Crippen LogP contribution in [0.5, 0.6) is 0 Å². The molecule has 0 atom stereocenters. The fraction of sp³-hybridized carbons (Fsp3) is 0.519. The number of piperazine rings is 1. The van der Waals surface area contributed by atoms with Crippen LogP contribution in [-0.4, -0.2) is 68.7 Å². The number of fused-ring (bicyclic) bond motifs is 1. The molecular weight excluding hydrogens is 470 g/mol. The van der Waals surface area contributed by atoms with Crippen molar-refractivity contribution in [1.82, 2.24) is 24.4 Å². The molecule has 1 aliphatic heterocycles. The zero-order valence-corrected chi connectivity index (χ0v) is 21.8. The van der Waals surface area contributed by atoms with E-state index in [2.05, 4.69) is 42.2 Å². The summed E-state index contributed by atoms with van der Waals surface area (Å²) in [6.45, 7) is 9.29. The first-order valence-electron chi connectivity index (χ1n) is 13.1. The molecule has 1 saturated carbocycles. The van der Waals surface area contributed by atoms with Crippen molar-refractivity contribution in [1.29, 1.82) is 0 Å². The second-order valence-electron chi connectivity index (χ2n) is 10.8. The van der Waals surface area contributed by atoms with Gasteiger partial charge < -0.3 is 15.0 Å². The van der Waals surface area contributed by atoms with E-state index in [9.17, 15) is 9.59 Å². The molecule has 2 aromatic heterocycles. The fourth-order valence-corrected chi connectivity index (χ4v) is 5.11. The first kappa shape index (κ1) is 25.1. The molecule has 0 radical (unpaired) electrons. The van der Waals surface area contributed by atoms with Gasteiger partial charge in [0.05, 0.1) is 18.9 Å². The van der Waals surface area contributed by atoms with Crippen LogP contribution in [0.2, 0.25) is 0 Å². The van der Waals surface area contributed by atoms with E-state index < -0.39 is 5.60 Å². The van der Waals surface area contributed by atoms with Crippen LogP contribution >= 0.6 is 0 Å². The summed E-state index contributed by atoms with van der Waals surface area (Å²) in [5.41, 5.74) is 2.63. The number of anilines is 3. The lowest BCUT2D eigenvalue weighted by Gasteiger charge is -2.36. The first-order chi connectivity index (χ1) is 17.7. The van der Waals surface area contributed by atoms with Crippen molar-refractivity contribution >= 4 is 34.5 Å². The summed E-state index contributed by atoms with van der Waals surface area (Å²) < 4.78 is 7.23. The van der Waals surface area contributed by atoms with Crippen LogP contribution < -0.4 is 15.8 Å². The predicted octanol–water partition coefficient (Wildman–Crippen LogP) is 3.51. The average molecular weight is 506 g/mol. The number of carbonyl (C=O) groups excluding carboxylic acids is 1. The summed E-state index contributed by atoms with van der Waals surface area (Å²) in [4.78, 5) is 42.5. The Balaban J connectivity index is 1.22. The Labute approximate surface area is 216 Å². The number of carbonyl (C=O) groups is 1. The van der Waals surface area contributed by atoms with E-state index in [1.165, 1.54) is 6.20 Å². The number of nitrogens with one attached hydrogen (secondary N) is 1. The maximum atomic E-state index is 12.6. The number of hydrogen-bond donors (Lipinski definition) is 1. The predicted molar refractivity (Wildman–Crippen MR) is 143 cm³/mol. The lowest BCUT2D eigenvalue weighted by molar-refractivity contribution is -0.156. The molecule has 3 aromatic rings. The van der Waals surface area contributed by atoms with Gasteiger partial charge in [-0.3, -0.25) is 19.1 Å². The smallest absolute Gasteiger partial charge is 0.320 e. The van der Waals surface area contributed by atoms with Crippen LogP contribution in [-0.2, 0) is 9.53 Å². The molecule has 3 heterocycles. The molecule has 1 aliphatic carbocycles. The van der Waals surface area contributed by atoms with E-state index in [-0.39, 0.29) is 17.6 Å². The van der Waals surface area contributed by atoms with E-state index in [1.807, 2.05) is 32.9 Å². The highest BCUT2D eigenvalue weighted by Crippen LogP contribution is 2.30. The first-order valence-corrected chi connectivity index (χ1v) is 13.1. The third kappa shape index (κ3) is 6.07. The Morgan fingerprint density at radius 1 is 1.03 bits per heavy atom. The molecule has 37 heavy (non-hydrogen) atoms. The lowest BCUT2D eigenvalue weighted by Crippen LogP contribution is -2.48. The Morgan fingerprint density at radius 3 is 2.41 bits per heavy atom. The topological polar surface area (TPSA) is 105 Å². The number of esters is 1. The Kier molecular flexibility index (Phi) is 7.10.